The van der Waals surface area contributed by atoms with Crippen LogP contribution in [0, 0.1) is 0 Å². The Morgan fingerprint density at radius 3 is 2.72 bits per heavy atom. The highest BCUT2D eigenvalue weighted by Crippen LogP contribution is 1.95. The van der Waals surface area contributed by atoms with Crippen molar-refractivity contribution in [2.45, 2.75) is 19.5 Å². The zero-order valence-electron chi connectivity index (χ0n) is 10.8. The number of pyridine rings is 1. The number of carbonyl (C=O) groups excluding carboxylic acids is 2. The minimum atomic E-state index is -0.573. The Labute approximate surface area is 106 Å². The third-order valence-corrected chi connectivity index (χ3v) is 2.33. The molecule has 1 heterocycles. The number of hydrogen-bond acceptors (Lipinski definition) is 3. The number of amides is 3. The van der Waals surface area contributed by atoms with Gasteiger partial charge in [0.1, 0.15) is 6.04 Å². The van der Waals surface area contributed by atoms with Crippen LogP contribution in [0.2, 0.25) is 0 Å². The first kappa shape index (κ1) is 14.0. The molecule has 0 spiro atoms. The smallest absolute Gasteiger partial charge is 0.317 e. The Balaban J connectivity index is 2.39. The second-order valence-electron chi connectivity index (χ2n) is 4.14. The lowest BCUT2D eigenvalue weighted by Crippen LogP contribution is -2.47. The molecule has 98 valence electrons. The van der Waals surface area contributed by atoms with Gasteiger partial charge in [-0.1, -0.05) is 6.07 Å². The molecule has 0 radical (unpaired) electrons. The molecular formula is C12H18N4O2. The van der Waals surface area contributed by atoms with E-state index in [1.54, 1.807) is 39.5 Å². The second-order valence-corrected chi connectivity index (χ2v) is 4.14. The monoisotopic (exact) mass is 250 g/mol. The number of aromatic nitrogens is 1. The van der Waals surface area contributed by atoms with Gasteiger partial charge in [-0.3, -0.25) is 9.78 Å². The van der Waals surface area contributed by atoms with Crippen LogP contribution < -0.4 is 10.6 Å². The van der Waals surface area contributed by atoms with E-state index in [0.717, 1.165) is 5.56 Å². The van der Waals surface area contributed by atoms with E-state index in [0.29, 0.717) is 6.54 Å². The first-order chi connectivity index (χ1) is 8.50. The SMILES string of the molecule is C[C@@H](NC(=O)N(C)C)C(=O)NCc1cccnc1. The number of nitrogens with zero attached hydrogens (tertiary/aromatic N) is 2. The average molecular weight is 250 g/mol. The van der Waals surface area contributed by atoms with Gasteiger partial charge >= 0.3 is 6.03 Å². The molecule has 2 N–H and O–H groups in total. The topological polar surface area (TPSA) is 74.3 Å². The van der Waals surface area contributed by atoms with Gasteiger partial charge < -0.3 is 15.5 Å². The lowest BCUT2D eigenvalue weighted by molar-refractivity contribution is -0.122. The van der Waals surface area contributed by atoms with Gasteiger partial charge in [0.15, 0.2) is 0 Å². The standard InChI is InChI=1S/C12H18N4O2/c1-9(15-12(18)16(2)3)11(17)14-8-10-5-4-6-13-7-10/h4-7,9H,8H2,1-3H3,(H,14,17)(H,15,18)/t9-/m1/s1. The summed E-state index contributed by atoms with van der Waals surface area (Å²) in [5.41, 5.74) is 0.914. The van der Waals surface area contributed by atoms with Crippen LogP contribution in [0.3, 0.4) is 0 Å². The van der Waals surface area contributed by atoms with Crippen molar-refractivity contribution in [1.29, 1.82) is 0 Å². The molecule has 0 saturated carbocycles. The van der Waals surface area contributed by atoms with Crippen molar-refractivity contribution < 1.29 is 9.59 Å². The maximum atomic E-state index is 11.7. The molecule has 0 bridgehead atoms. The van der Waals surface area contributed by atoms with Crippen LogP contribution in [0.25, 0.3) is 0 Å². The number of urea groups is 1. The highest BCUT2D eigenvalue weighted by atomic mass is 16.2. The maximum Gasteiger partial charge on any atom is 0.317 e. The molecule has 1 rings (SSSR count). The fourth-order valence-electron chi connectivity index (χ4n) is 1.22. The van der Waals surface area contributed by atoms with E-state index < -0.39 is 6.04 Å². The molecule has 0 aromatic carbocycles. The van der Waals surface area contributed by atoms with Crippen LogP contribution >= 0.6 is 0 Å². The minimum absolute atomic E-state index is 0.228. The molecule has 0 aliphatic carbocycles. The van der Waals surface area contributed by atoms with Gasteiger partial charge in [0, 0.05) is 33.0 Å². The van der Waals surface area contributed by atoms with E-state index in [1.165, 1.54) is 4.90 Å². The van der Waals surface area contributed by atoms with E-state index in [4.69, 9.17) is 0 Å². The third-order valence-electron chi connectivity index (χ3n) is 2.33. The van der Waals surface area contributed by atoms with Crippen molar-refractivity contribution in [2.24, 2.45) is 0 Å². The van der Waals surface area contributed by atoms with Crippen LogP contribution in [0.15, 0.2) is 24.5 Å². The normalized spacial score (nSPS) is 11.5. The molecule has 3 amide bonds. The second kappa shape index (κ2) is 6.58. The molecular weight excluding hydrogens is 232 g/mol. The summed E-state index contributed by atoms with van der Waals surface area (Å²) in [5, 5.41) is 5.31. The summed E-state index contributed by atoms with van der Waals surface area (Å²) in [6.45, 7) is 2.04. The molecule has 1 atom stereocenters. The summed E-state index contributed by atoms with van der Waals surface area (Å²) in [7, 11) is 3.24. The van der Waals surface area contributed by atoms with Crippen molar-refractivity contribution in [3.63, 3.8) is 0 Å². The highest BCUT2D eigenvalue weighted by molar-refractivity contribution is 5.86. The third kappa shape index (κ3) is 4.40. The molecule has 0 aliphatic heterocycles. The highest BCUT2D eigenvalue weighted by Gasteiger charge is 2.15. The van der Waals surface area contributed by atoms with Crippen molar-refractivity contribution in [2.75, 3.05) is 14.1 Å². The van der Waals surface area contributed by atoms with Crippen LogP contribution in [0.5, 0.6) is 0 Å². The summed E-state index contributed by atoms with van der Waals surface area (Å²) in [6, 6.07) is 2.81. The summed E-state index contributed by atoms with van der Waals surface area (Å²) >= 11 is 0. The van der Waals surface area contributed by atoms with Crippen molar-refractivity contribution >= 4 is 11.9 Å². The molecule has 18 heavy (non-hydrogen) atoms. The Bertz CT molecular complexity index is 406. The molecule has 0 fully saturated rings. The summed E-state index contributed by atoms with van der Waals surface area (Å²) < 4.78 is 0. The van der Waals surface area contributed by atoms with Crippen molar-refractivity contribution in [3.05, 3.63) is 30.1 Å². The summed E-state index contributed by atoms with van der Waals surface area (Å²) in [6.07, 6.45) is 3.36. The first-order valence-electron chi connectivity index (χ1n) is 5.65. The van der Waals surface area contributed by atoms with Crippen molar-refractivity contribution in [3.8, 4) is 0 Å². The van der Waals surface area contributed by atoms with Crippen LogP contribution in [0.1, 0.15) is 12.5 Å². The number of nitrogens with one attached hydrogen (secondary N) is 2. The number of hydrogen-bond donors (Lipinski definition) is 2. The van der Waals surface area contributed by atoms with Gasteiger partial charge in [0.2, 0.25) is 5.91 Å². The van der Waals surface area contributed by atoms with E-state index in [-0.39, 0.29) is 11.9 Å². The minimum Gasteiger partial charge on any atom is -0.350 e. The molecule has 0 unspecified atom stereocenters. The molecule has 1 aromatic heterocycles. The Morgan fingerprint density at radius 1 is 1.44 bits per heavy atom. The van der Waals surface area contributed by atoms with Gasteiger partial charge in [-0.25, -0.2) is 4.79 Å². The van der Waals surface area contributed by atoms with Crippen LogP contribution in [-0.4, -0.2) is 42.0 Å². The van der Waals surface area contributed by atoms with E-state index in [2.05, 4.69) is 15.6 Å². The van der Waals surface area contributed by atoms with Crippen molar-refractivity contribution in [1.82, 2.24) is 20.5 Å². The number of rotatable bonds is 4. The Kier molecular flexibility index (Phi) is 5.10. The van der Waals surface area contributed by atoms with E-state index in [1.807, 2.05) is 6.07 Å². The summed E-state index contributed by atoms with van der Waals surface area (Å²) in [4.78, 5) is 28.4. The maximum absolute atomic E-state index is 11.7. The van der Waals surface area contributed by atoms with Gasteiger partial charge in [0.05, 0.1) is 0 Å². The lowest BCUT2D eigenvalue weighted by Gasteiger charge is -2.17. The zero-order valence-corrected chi connectivity index (χ0v) is 10.8. The van der Waals surface area contributed by atoms with Gasteiger partial charge in [-0.05, 0) is 18.6 Å². The quantitative estimate of drug-likeness (QED) is 0.810. The fourth-order valence-corrected chi connectivity index (χ4v) is 1.22. The molecule has 6 nitrogen and oxygen atoms in total. The molecule has 6 heteroatoms. The zero-order chi connectivity index (χ0) is 13.5. The van der Waals surface area contributed by atoms with Gasteiger partial charge in [-0.15, -0.1) is 0 Å². The average Bonchev–Trinajstić information content (AvgIpc) is 2.36. The largest absolute Gasteiger partial charge is 0.350 e. The van der Waals surface area contributed by atoms with E-state index >= 15 is 0 Å². The number of carbonyl (C=O) groups is 2. The Hall–Kier alpha value is -2.11. The Morgan fingerprint density at radius 2 is 2.17 bits per heavy atom. The van der Waals surface area contributed by atoms with Gasteiger partial charge in [0.25, 0.3) is 0 Å². The fraction of sp³-hybridized carbons (Fsp3) is 0.417. The van der Waals surface area contributed by atoms with Crippen LogP contribution in [0.4, 0.5) is 4.79 Å². The molecule has 0 aliphatic rings. The predicted molar refractivity (Wildman–Crippen MR) is 67.8 cm³/mol. The van der Waals surface area contributed by atoms with E-state index in [9.17, 15) is 9.59 Å². The van der Waals surface area contributed by atoms with Crippen LogP contribution in [-0.2, 0) is 11.3 Å². The predicted octanol–water partition coefficient (Wildman–Crippen LogP) is 0.358. The lowest BCUT2D eigenvalue weighted by atomic mass is 10.2. The molecule has 1 aromatic rings. The summed E-state index contributed by atoms with van der Waals surface area (Å²) in [5.74, 6) is -0.228. The first-order valence-corrected chi connectivity index (χ1v) is 5.65. The molecule has 0 saturated heterocycles. The van der Waals surface area contributed by atoms with Gasteiger partial charge in [-0.2, -0.15) is 0 Å².